The van der Waals surface area contributed by atoms with Gasteiger partial charge in [-0.1, -0.05) is 36.2 Å². The quantitative estimate of drug-likeness (QED) is 0.743. The number of methoxy groups -OCH3 is 1. The lowest BCUT2D eigenvalue weighted by molar-refractivity contribution is -0.122. The van der Waals surface area contributed by atoms with Gasteiger partial charge in [0.2, 0.25) is 0 Å². The van der Waals surface area contributed by atoms with Crippen LogP contribution < -0.4 is 10.1 Å². The van der Waals surface area contributed by atoms with Crippen LogP contribution in [-0.2, 0) is 9.53 Å². The highest BCUT2D eigenvalue weighted by molar-refractivity contribution is 6.33. The molecular formula is C18H17Cl2NO4. The molecule has 0 aliphatic heterocycles. The SMILES string of the molecule is CCC(Oc1cccc(Cl)c1)C(=O)Nc1ccc(Cl)c(C(=O)OC)c1. The minimum Gasteiger partial charge on any atom is -0.481 e. The van der Waals surface area contributed by atoms with Crippen molar-refractivity contribution in [2.24, 2.45) is 0 Å². The zero-order valence-corrected chi connectivity index (χ0v) is 15.2. The van der Waals surface area contributed by atoms with E-state index in [1.165, 1.54) is 19.2 Å². The Morgan fingerprint density at radius 3 is 2.56 bits per heavy atom. The molecule has 0 aromatic heterocycles. The normalized spacial score (nSPS) is 11.5. The number of hydrogen-bond donors (Lipinski definition) is 1. The van der Waals surface area contributed by atoms with E-state index >= 15 is 0 Å². The Bertz CT molecular complexity index is 779. The number of carbonyl (C=O) groups is 2. The molecule has 0 heterocycles. The summed E-state index contributed by atoms with van der Waals surface area (Å²) in [6, 6.07) is 11.4. The summed E-state index contributed by atoms with van der Waals surface area (Å²) in [6.45, 7) is 1.83. The first-order valence-corrected chi connectivity index (χ1v) is 8.31. The van der Waals surface area contributed by atoms with Crippen molar-refractivity contribution in [3.8, 4) is 5.75 Å². The number of benzene rings is 2. The third-order valence-electron chi connectivity index (χ3n) is 3.38. The number of esters is 1. The second kappa shape index (κ2) is 8.74. The van der Waals surface area contributed by atoms with E-state index in [0.717, 1.165) is 0 Å². The highest BCUT2D eigenvalue weighted by atomic mass is 35.5. The molecule has 1 atom stereocenters. The second-order valence-electron chi connectivity index (χ2n) is 5.15. The van der Waals surface area contributed by atoms with Crippen molar-refractivity contribution < 1.29 is 19.1 Å². The Morgan fingerprint density at radius 2 is 1.92 bits per heavy atom. The molecule has 7 heteroatoms. The molecular weight excluding hydrogens is 365 g/mol. The van der Waals surface area contributed by atoms with Crippen LogP contribution >= 0.6 is 23.2 Å². The molecule has 1 N–H and O–H groups in total. The molecule has 25 heavy (non-hydrogen) atoms. The Kier molecular flexibility index (Phi) is 6.67. The lowest BCUT2D eigenvalue weighted by atomic mass is 10.2. The molecule has 1 amide bonds. The predicted molar refractivity (Wildman–Crippen MR) is 97.6 cm³/mol. The molecule has 0 aliphatic rings. The lowest BCUT2D eigenvalue weighted by Crippen LogP contribution is -2.32. The molecule has 0 spiro atoms. The van der Waals surface area contributed by atoms with Crippen molar-refractivity contribution in [2.45, 2.75) is 19.4 Å². The molecule has 2 aromatic rings. The summed E-state index contributed by atoms with van der Waals surface area (Å²) in [4.78, 5) is 24.1. The molecule has 0 radical (unpaired) electrons. The van der Waals surface area contributed by atoms with E-state index < -0.39 is 12.1 Å². The lowest BCUT2D eigenvalue weighted by Gasteiger charge is -2.17. The number of halogens is 2. The van der Waals surface area contributed by atoms with Crippen LogP contribution in [0.4, 0.5) is 5.69 Å². The fourth-order valence-corrected chi connectivity index (χ4v) is 2.49. The van der Waals surface area contributed by atoms with Crippen molar-refractivity contribution in [1.29, 1.82) is 0 Å². The molecule has 132 valence electrons. The molecule has 0 bridgehead atoms. The van der Waals surface area contributed by atoms with Gasteiger partial charge < -0.3 is 14.8 Å². The zero-order chi connectivity index (χ0) is 18.4. The summed E-state index contributed by atoms with van der Waals surface area (Å²) in [6.07, 6.45) is -0.258. The van der Waals surface area contributed by atoms with Crippen molar-refractivity contribution in [3.05, 3.63) is 58.1 Å². The molecule has 0 saturated heterocycles. The monoisotopic (exact) mass is 381 g/mol. The maximum absolute atomic E-state index is 12.5. The average molecular weight is 382 g/mol. The van der Waals surface area contributed by atoms with E-state index in [1.807, 2.05) is 6.92 Å². The molecule has 2 rings (SSSR count). The first-order chi connectivity index (χ1) is 11.9. The van der Waals surface area contributed by atoms with Gasteiger partial charge >= 0.3 is 5.97 Å². The van der Waals surface area contributed by atoms with E-state index in [9.17, 15) is 9.59 Å². The van der Waals surface area contributed by atoms with Crippen LogP contribution in [0.1, 0.15) is 23.7 Å². The van der Waals surface area contributed by atoms with Crippen LogP contribution in [0.25, 0.3) is 0 Å². The van der Waals surface area contributed by atoms with Crippen LogP contribution in [0.2, 0.25) is 10.0 Å². The summed E-state index contributed by atoms with van der Waals surface area (Å²) in [5.74, 6) is -0.426. The maximum atomic E-state index is 12.5. The van der Waals surface area contributed by atoms with Crippen LogP contribution in [0.15, 0.2) is 42.5 Å². The molecule has 5 nitrogen and oxygen atoms in total. The first kappa shape index (κ1) is 19.1. The molecule has 1 unspecified atom stereocenters. The standard InChI is InChI=1S/C18H17Cl2NO4/c1-3-16(25-13-6-4-5-11(19)9-13)17(22)21-12-7-8-15(20)14(10-12)18(23)24-2/h4-10,16H,3H2,1-2H3,(H,21,22). The molecule has 2 aromatic carbocycles. The molecule has 0 fully saturated rings. The van der Waals surface area contributed by atoms with Crippen molar-refractivity contribution in [1.82, 2.24) is 0 Å². The van der Waals surface area contributed by atoms with E-state index in [2.05, 4.69) is 10.1 Å². The fourth-order valence-electron chi connectivity index (χ4n) is 2.12. The van der Waals surface area contributed by atoms with Gasteiger partial charge in [0.1, 0.15) is 5.75 Å². The van der Waals surface area contributed by atoms with Crippen molar-refractivity contribution >= 4 is 40.8 Å². The minimum absolute atomic E-state index is 0.172. The molecule has 0 saturated carbocycles. The summed E-state index contributed by atoms with van der Waals surface area (Å²) in [5.41, 5.74) is 0.591. The smallest absolute Gasteiger partial charge is 0.339 e. The predicted octanol–water partition coefficient (Wildman–Crippen LogP) is 4.58. The number of nitrogens with one attached hydrogen (secondary N) is 1. The molecule has 0 aliphatic carbocycles. The van der Waals surface area contributed by atoms with Gasteiger partial charge in [0.25, 0.3) is 5.91 Å². The van der Waals surface area contributed by atoms with Gasteiger partial charge in [-0.3, -0.25) is 4.79 Å². The van der Waals surface area contributed by atoms with Crippen molar-refractivity contribution in [2.75, 3.05) is 12.4 Å². The van der Waals surface area contributed by atoms with E-state index in [-0.39, 0.29) is 16.5 Å². The Morgan fingerprint density at radius 1 is 1.16 bits per heavy atom. The third kappa shape index (κ3) is 5.11. The Hall–Kier alpha value is -2.24. The summed E-state index contributed by atoms with van der Waals surface area (Å²) in [5, 5.41) is 3.48. The Balaban J connectivity index is 2.12. The van der Waals surface area contributed by atoms with Crippen molar-refractivity contribution in [3.63, 3.8) is 0 Å². The van der Waals surface area contributed by atoms with Crippen LogP contribution in [0.3, 0.4) is 0 Å². The van der Waals surface area contributed by atoms with Gasteiger partial charge in [-0.25, -0.2) is 4.79 Å². The minimum atomic E-state index is -0.712. The summed E-state index contributed by atoms with van der Waals surface area (Å²) in [7, 11) is 1.26. The van der Waals surface area contributed by atoms with Crippen LogP contribution in [-0.4, -0.2) is 25.1 Å². The number of amides is 1. The summed E-state index contributed by atoms with van der Waals surface area (Å²) >= 11 is 11.9. The number of rotatable bonds is 6. The van der Waals surface area contributed by atoms with Gasteiger partial charge in [-0.2, -0.15) is 0 Å². The zero-order valence-electron chi connectivity index (χ0n) is 13.7. The number of hydrogen-bond acceptors (Lipinski definition) is 4. The van der Waals surface area contributed by atoms with Gasteiger partial charge in [0.15, 0.2) is 6.10 Å². The Labute approximate surface area is 155 Å². The number of anilines is 1. The van der Waals surface area contributed by atoms with Crippen LogP contribution in [0.5, 0.6) is 5.75 Å². The highest BCUT2D eigenvalue weighted by Gasteiger charge is 2.20. The topological polar surface area (TPSA) is 64.6 Å². The van der Waals surface area contributed by atoms with E-state index in [4.69, 9.17) is 27.9 Å². The maximum Gasteiger partial charge on any atom is 0.339 e. The van der Waals surface area contributed by atoms with Gasteiger partial charge in [0.05, 0.1) is 17.7 Å². The largest absolute Gasteiger partial charge is 0.481 e. The summed E-state index contributed by atoms with van der Waals surface area (Å²) < 4.78 is 10.3. The number of ether oxygens (including phenoxy) is 2. The third-order valence-corrected chi connectivity index (χ3v) is 3.94. The number of carbonyl (C=O) groups excluding carboxylic acids is 2. The van der Waals surface area contributed by atoms with E-state index in [1.54, 1.807) is 30.3 Å². The first-order valence-electron chi connectivity index (χ1n) is 7.55. The van der Waals surface area contributed by atoms with E-state index in [0.29, 0.717) is 22.9 Å². The fraction of sp³-hybridized carbons (Fsp3) is 0.222. The second-order valence-corrected chi connectivity index (χ2v) is 5.99. The van der Waals surface area contributed by atoms with Gasteiger partial charge in [-0.05, 0) is 42.8 Å². The van der Waals surface area contributed by atoms with Crippen LogP contribution in [0, 0.1) is 0 Å². The van der Waals surface area contributed by atoms with Gasteiger partial charge in [-0.15, -0.1) is 0 Å². The average Bonchev–Trinajstić information content (AvgIpc) is 2.60. The van der Waals surface area contributed by atoms with Gasteiger partial charge in [0, 0.05) is 10.7 Å². The highest BCUT2D eigenvalue weighted by Crippen LogP contribution is 2.23.